The van der Waals surface area contributed by atoms with Crippen LogP contribution in [0.3, 0.4) is 0 Å². The fraction of sp³-hybridized carbons (Fsp3) is 0.227. The maximum atomic E-state index is 11.0. The van der Waals surface area contributed by atoms with E-state index in [1.54, 1.807) is 11.6 Å². The molecule has 5 heteroatoms. The molecule has 3 rings (SSSR count). The monoisotopic (exact) mass is 364 g/mol. The van der Waals surface area contributed by atoms with Gasteiger partial charge in [-0.05, 0) is 40.3 Å². The number of aliphatic hydroxyl groups is 1. The van der Waals surface area contributed by atoms with Gasteiger partial charge in [-0.25, -0.2) is 5.48 Å². The zero-order valence-corrected chi connectivity index (χ0v) is 15.1. The number of hydrogen-bond donors (Lipinski definition) is 3. The minimum atomic E-state index is -0.557. The number of amides is 1. The number of rotatable bonds is 8. The molecule has 0 fully saturated rings. The van der Waals surface area contributed by atoms with Crippen molar-refractivity contribution in [3.05, 3.63) is 82.9 Å². The van der Waals surface area contributed by atoms with Gasteiger partial charge in [0.15, 0.2) is 0 Å². The molecule has 1 aliphatic rings. The van der Waals surface area contributed by atoms with Crippen LogP contribution in [0.5, 0.6) is 0 Å². The Kier molecular flexibility index (Phi) is 6.54. The summed E-state index contributed by atoms with van der Waals surface area (Å²) in [4.78, 5) is 13.3. The summed E-state index contributed by atoms with van der Waals surface area (Å²) in [5.74, 6) is -0.557. The molecule has 5 nitrogen and oxygen atoms in total. The van der Waals surface area contributed by atoms with E-state index in [1.165, 1.54) is 22.8 Å². The second kappa shape index (κ2) is 9.28. The number of carbonyl (C=O) groups is 1. The summed E-state index contributed by atoms with van der Waals surface area (Å²) in [6.07, 6.45) is 6.16. The van der Waals surface area contributed by atoms with Crippen LogP contribution in [-0.2, 0) is 17.8 Å². The summed E-state index contributed by atoms with van der Waals surface area (Å²) in [7, 11) is 0. The highest BCUT2D eigenvalue weighted by Crippen LogP contribution is 2.28. The van der Waals surface area contributed by atoms with E-state index >= 15 is 0 Å². The van der Waals surface area contributed by atoms with E-state index in [2.05, 4.69) is 35.2 Å². The normalized spacial score (nSPS) is 13.1. The Morgan fingerprint density at radius 1 is 1.11 bits per heavy atom. The van der Waals surface area contributed by atoms with Crippen molar-refractivity contribution >= 4 is 17.6 Å². The topological polar surface area (TPSA) is 72.8 Å². The highest BCUT2D eigenvalue weighted by molar-refractivity contribution is 5.90. The van der Waals surface area contributed by atoms with Crippen molar-refractivity contribution in [3.8, 4) is 0 Å². The van der Waals surface area contributed by atoms with Gasteiger partial charge in [0.05, 0.1) is 6.61 Å². The zero-order chi connectivity index (χ0) is 19.1. The molecule has 0 saturated carbocycles. The number of hydroxylamine groups is 1. The number of hydrogen-bond acceptors (Lipinski definition) is 4. The summed E-state index contributed by atoms with van der Waals surface area (Å²) in [5, 5.41) is 17.9. The van der Waals surface area contributed by atoms with E-state index in [-0.39, 0.29) is 6.61 Å². The third-order valence-electron chi connectivity index (χ3n) is 4.67. The average molecular weight is 364 g/mol. The first-order valence-corrected chi connectivity index (χ1v) is 9.01. The first-order valence-electron chi connectivity index (χ1n) is 9.01. The van der Waals surface area contributed by atoms with Gasteiger partial charge in [0.25, 0.3) is 5.91 Å². The van der Waals surface area contributed by atoms with Crippen LogP contribution in [0, 0.1) is 0 Å². The molecule has 2 aromatic rings. The molecule has 0 aliphatic heterocycles. The molecule has 0 radical (unpaired) electrons. The van der Waals surface area contributed by atoms with Crippen molar-refractivity contribution in [3.63, 3.8) is 0 Å². The quantitative estimate of drug-likeness (QED) is 0.383. The van der Waals surface area contributed by atoms with Crippen molar-refractivity contribution in [1.82, 2.24) is 10.4 Å². The molecular weight excluding hydrogens is 340 g/mol. The lowest BCUT2D eigenvalue weighted by molar-refractivity contribution is -0.124. The van der Waals surface area contributed by atoms with Gasteiger partial charge in [-0.15, -0.1) is 0 Å². The number of carbonyl (C=O) groups excluding carboxylic acids is 1. The smallest absolute Gasteiger partial charge is 0.267 e. The Morgan fingerprint density at radius 3 is 2.63 bits per heavy atom. The van der Waals surface area contributed by atoms with Gasteiger partial charge in [-0.3, -0.25) is 14.9 Å². The van der Waals surface area contributed by atoms with Gasteiger partial charge in [0, 0.05) is 25.7 Å². The van der Waals surface area contributed by atoms with Crippen LogP contribution < -0.4 is 5.48 Å². The van der Waals surface area contributed by atoms with Crippen LogP contribution in [-0.4, -0.2) is 40.8 Å². The lowest BCUT2D eigenvalue weighted by Gasteiger charge is -2.22. The Bertz CT molecular complexity index is 841. The second-order valence-electron chi connectivity index (χ2n) is 6.58. The van der Waals surface area contributed by atoms with Crippen LogP contribution in [0.2, 0.25) is 0 Å². The second-order valence-corrected chi connectivity index (χ2v) is 6.58. The van der Waals surface area contributed by atoms with Crippen molar-refractivity contribution in [1.29, 1.82) is 0 Å². The molecule has 0 aromatic heterocycles. The molecule has 0 heterocycles. The predicted molar refractivity (Wildman–Crippen MR) is 106 cm³/mol. The summed E-state index contributed by atoms with van der Waals surface area (Å²) >= 11 is 0. The van der Waals surface area contributed by atoms with Gasteiger partial charge in [0.2, 0.25) is 0 Å². The third kappa shape index (κ3) is 5.14. The third-order valence-corrected chi connectivity index (χ3v) is 4.67. The molecule has 0 unspecified atom stereocenters. The van der Waals surface area contributed by atoms with Gasteiger partial charge >= 0.3 is 0 Å². The predicted octanol–water partition coefficient (Wildman–Crippen LogP) is 2.64. The Hall–Kier alpha value is -2.73. The number of aliphatic hydroxyl groups excluding tert-OH is 1. The van der Waals surface area contributed by atoms with E-state index in [9.17, 15) is 9.90 Å². The van der Waals surface area contributed by atoms with Gasteiger partial charge in [-0.1, -0.05) is 54.6 Å². The number of nitrogens with zero attached hydrogens (tertiary/aromatic N) is 1. The Balaban J connectivity index is 1.65. The van der Waals surface area contributed by atoms with Crippen LogP contribution in [0.25, 0.3) is 11.6 Å². The van der Waals surface area contributed by atoms with E-state index in [0.29, 0.717) is 6.54 Å². The van der Waals surface area contributed by atoms with E-state index in [4.69, 9.17) is 5.21 Å². The first-order chi connectivity index (χ1) is 13.2. The van der Waals surface area contributed by atoms with Crippen LogP contribution in [0.15, 0.2) is 60.7 Å². The lowest BCUT2D eigenvalue weighted by Crippen LogP contribution is -2.28. The standard InChI is InChI=1S/C22H24N2O3/c25-14-13-24(16-20-11-10-19-3-1-2-4-21(19)20)15-18-7-5-17(6-8-18)9-12-22(26)23-27/h1-9,11-12,25,27H,10,13-16H2,(H,23,26)/b12-9+. The molecule has 1 amide bonds. The van der Waals surface area contributed by atoms with Gasteiger partial charge < -0.3 is 5.11 Å². The van der Waals surface area contributed by atoms with Crippen molar-refractivity contribution in [2.45, 2.75) is 13.0 Å². The van der Waals surface area contributed by atoms with Crippen molar-refractivity contribution in [2.75, 3.05) is 19.7 Å². The molecule has 0 atom stereocenters. The van der Waals surface area contributed by atoms with Crippen LogP contribution in [0.1, 0.15) is 22.3 Å². The summed E-state index contributed by atoms with van der Waals surface area (Å²) in [6, 6.07) is 16.3. The average Bonchev–Trinajstić information content (AvgIpc) is 3.10. The zero-order valence-electron chi connectivity index (χ0n) is 15.1. The van der Waals surface area contributed by atoms with Gasteiger partial charge in [0.1, 0.15) is 0 Å². The Morgan fingerprint density at radius 2 is 1.89 bits per heavy atom. The minimum absolute atomic E-state index is 0.117. The molecule has 1 aliphatic carbocycles. The maximum Gasteiger partial charge on any atom is 0.267 e. The highest BCUT2D eigenvalue weighted by atomic mass is 16.5. The summed E-state index contributed by atoms with van der Waals surface area (Å²) < 4.78 is 0. The highest BCUT2D eigenvalue weighted by Gasteiger charge is 2.16. The molecule has 140 valence electrons. The molecular formula is C22H24N2O3. The molecule has 27 heavy (non-hydrogen) atoms. The van der Waals surface area contributed by atoms with E-state index in [0.717, 1.165) is 30.6 Å². The lowest BCUT2D eigenvalue weighted by atomic mass is 10.1. The molecule has 2 aromatic carbocycles. The largest absolute Gasteiger partial charge is 0.395 e. The van der Waals surface area contributed by atoms with Crippen molar-refractivity contribution in [2.24, 2.45) is 0 Å². The number of nitrogens with one attached hydrogen (secondary N) is 1. The maximum absolute atomic E-state index is 11.0. The number of allylic oxidation sites excluding steroid dienone is 1. The minimum Gasteiger partial charge on any atom is -0.395 e. The van der Waals surface area contributed by atoms with Crippen LogP contribution >= 0.6 is 0 Å². The van der Waals surface area contributed by atoms with E-state index < -0.39 is 5.91 Å². The van der Waals surface area contributed by atoms with Crippen LogP contribution in [0.4, 0.5) is 0 Å². The van der Waals surface area contributed by atoms with Gasteiger partial charge in [-0.2, -0.15) is 0 Å². The molecule has 0 saturated heterocycles. The summed E-state index contributed by atoms with van der Waals surface area (Å²) in [6.45, 7) is 2.26. The fourth-order valence-corrected chi connectivity index (χ4v) is 3.30. The summed E-state index contributed by atoms with van der Waals surface area (Å²) in [5.41, 5.74) is 7.57. The van der Waals surface area contributed by atoms with E-state index in [1.807, 2.05) is 24.3 Å². The van der Waals surface area contributed by atoms with Crippen molar-refractivity contribution < 1.29 is 15.1 Å². The molecule has 0 spiro atoms. The fourth-order valence-electron chi connectivity index (χ4n) is 3.30. The SMILES string of the molecule is O=C(/C=C/c1ccc(CN(CCO)CC2=CCc3ccccc32)cc1)NO. The molecule has 3 N–H and O–H groups in total. The molecule has 0 bridgehead atoms. The first kappa shape index (κ1) is 19.0. The number of benzene rings is 2. The number of fused-ring (bicyclic) bond motifs is 1. The Labute approximate surface area is 159 Å².